The summed E-state index contributed by atoms with van der Waals surface area (Å²) < 4.78 is 2.12. The summed E-state index contributed by atoms with van der Waals surface area (Å²) in [5, 5.41) is 0.803. The number of benzene rings is 1. The van der Waals surface area contributed by atoms with Crippen molar-refractivity contribution in [3.63, 3.8) is 0 Å². The molecule has 3 heterocycles. The van der Waals surface area contributed by atoms with Crippen molar-refractivity contribution in [1.82, 2.24) is 19.4 Å². The highest BCUT2D eigenvalue weighted by Gasteiger charge is 2.28. The predicted molar refractivity (Wildman–Crippen MR) is 105 cm³/mol. The van der Waals surface area contributed by atoms with Crippen LogP contribution in [0.25, 0.3) is 10.9 Å². The number of nitrogens with zero attached hydrogens (tertiary/aromatic N) is 3. The minimum atomic E-state index is -0.236. The highest BCUT2D eigenvalue weighted by molar-refractivity contribution is 6.06. The van der Waals surface area contributed by atoms with Crippen molar-refractivity contribution in [3.8, 4) is 0 Å². The fourth-order valence-corrected chi connectivity index (χ4v) is 4.03. The molecule has 2 aromatic heterocycles. The van der Waals surface area contributed by atoms with Gasteiger partial charge in [0.25, 0.3) is 5.91 Å². The van der Waals surface area contributed by atoms with Gasteiger partial charge in [-0.2, -0.15) is 0 Å². The molecule has 1 aromatic carbocycles. The van der Waals surface area contributed by atoms with Crippen molar-refractivity contribution in [3.05, 3.63) is 64.5 Å². The maximum Gasteiger partial charge on any atom is 0.254 e. The number of pyridine rings is 1. The number of piperidine rings is 1. The molecule has 1 fully saturated rings. The number of amides is 1. The molecule has 1 aliphatic rings. The van der Waals surface area contributed by atoms with Gasteiger partial charge in [0.15, 0.2) is 0 Å². The SMILES string of the molecule is Cc1nccn1CC[C@@H]1CCCCN1C(=O)c1cc(=O)[nH]c2ccccc12. The standard InChI is InChI=1S/C21H24N4O2/c1-15-22-10-13-24(15)12-9-16-6-4-5-11-25(16)21(27)18-14-20(26)23-19-8-3-2-7-17(18)19/h2-3,7-8,10,13-14,16H,4-6,9,11-12H2,1H3,(H,23,26)/t16-/m0/s1. The highest BCUT2D eigenvalue weighted by Crippen LogP contribution is 2.25. The monoisotopic (exact) mass is 364 g/mol. The van der Waals surface area contributed by atoms with E-state index in [1.165, 1.54) is 6.07 Å². The minimum Gasteiger partial charge on any atom is -0.336 e. The van der Waals surface area contributed by atoms with Gasteiger partial charge in [-0.05, 0) is 38.7 Å². The van der Waals surface area contributed by atoms with E-state index in [-0.39, 0.29) is 17.5 Å². The third kappa shape index (κ3) is 3.52. The summed E-state index contributed by atoms with van der Waals surface area (Å²) in [6, 6.07) is 9.12. The van der Waals surface area contributed by atoms with E-state index in [1.807, 2.05) is 48.5 Å². The molecular formula is C21H24N4O2. The number of likely N-dealkylation sites (tertiary alicyclic amines) is 1. The van der Waals surface area contributed by atoms with Crippen LogP contribution in [0, 0.1) is 6.92 Å². The van der Waals surface area contributed by atoms with E-state index < -0.39 is 0 Å². The first kappa shape index (κ1) is 17.5. The highest BCUT2D eigenvalue weighted by atomic mass is 16.2. The summed E-state index contributed by atoms with van der Waals surface area (Å²) in [5.74, 6) is 0.952. The zero-order valence-corrected chi connectivity index (χ0v) is 15.5. The summed E-state index contributed by atoms with van der Waals surface area (Å²) in [7, 11) is 0. The van der Waals surface area contributed by atoms with Gasteiger partial charge < -0.3 is 14.5 Å². The lowest BCUT2D eigenvalue weighted by Gasteiger charge is -2.36. The van der Waals surface area contributed by atoms with Gasteiger partial charge in [-0.25, -0.2) is 4.98 Å². The van der Waals surface area contributed by atoms with E-state index in [2.05, 4.69) is 14.5 Å². The van der Waals surface area contributed by atoms with Crippen LogP contribution >= 0.6 is 0 Å². The Bertz CT molecular complexity index is 1020. The Morgan fingerprint density at radius 2 is 2.15 bits per heavy atom. The number of carbonyl (C=O) groups is 1. The number of carbonyl (C=O) groups excluding carboxylic acids is 1. The summed E-state index contributed by atoms with van der Waals surface area (Å²) >= 11 is 0. The van der Waals surface area contributed by atoms with Crippen LogP contribution < -0.4 is 5.56 Å². The molecule has 3 aromatic rings. The van der Waals surface area contributed by atoms with Crippen molar-refractivity contribution in [2.45, 2.75) is 45.2 Å². The van der Waals surface area contributed by atoms with Crippen molar-refractivity contribution in [2.75, 3.05) is 6.54 Å². The van der Waals surface area contributed by atoms with E-state index in [9.17, 15) is 9.59 Å². The number of fused-ring (bicyclic) bond motifs is 1. The van der Waals surface area contributed by atoms with Gasteiger partial charge >= 0.3 is 0 Å². The Morgan fingerprint density at radius 3 is 2.96 bits per heavy atom. The Morgan fingerprint density at radius 1 is 1.30 bits per heavy atom. The van der Waals surface area contributed by atoms with Crippen molar-refractivity contribution >= 4 is 16.8 Å². The summed E-state index contributed by atoms with van der Waals surface area (Å²) in [5.41, 5.74) is 0.968. The second kappa shape index (κ2) is 7.39. The fraction of sp³-hybridized carbons (Fsp3) is 0.381. The van der Waals surface area contributed by atoms with Crippen molar-refractivity contribution in [2.24, 2.45) is 0 Å². The van der Waals surface area contributed by atoms with Crippen LogP contribution in [0.4, 0.5) is 0 Å². The maximum atomic E-state index is 13.4. The maximum absolute atomic E-state index is 13.4. The van der Waals surface area contributed by atoms with Gasteiger partial charge in [0.2, 0.25) is 5.56 Å². The molecule has 0 radical (unpaired) electrons. The van der Waals surface area contributed by atoms with Crippen LogP contribution in [0.3, 0.4) is 0 Å². The van der Waals surface area contributed by atoms with E-state index in [0.717, 1.165) is 50.0 Å². The molecule has 1 N–H and O–H groups in total. The van der Waals surface area contributed by atoms with Crippen molar-refractivity contribution < 1.29 is 4.79 Å². The minimum absolute atomic E-state index is 0.0376. The van der Waals surface area contributed by atoms with Crippen LogP contribution in [0.15, 0.2) is 47.5 Å². The fourth-order valence-electron chi connectivity index (χ4n) is 4.03. The molecule has 1 saturated heterocycles. The average Bonchev–Trinajstić information content (AvgIpc) is 3.10. The first-order valence-corrected chi connectivity index (χ1v) is 9.54. The number of para-hydroxylation sites is 1. The molecule has 0 bridgehead atoms. The molecule has 0 aliphatic carbocycles. The average molecular weight is 364 g/mol. The van der Waals surface area contributed by atoms with E-state index in [0.29, 0.717) is 11.1 Å². The quantitative estimate of drug-likeness (QED) is 0.773. The number of imidazole rings is 1. The second-order valence-electron chi connectivity index (χ2n) is 7.20. The van der Waals surface area contributed by atoms with Gasteiger partial charge in [-0.15, -0.1) is 0 Å². The first-order valence-electron chi connectivity index (χ1n) is 9.54. The molecule has 0 unspecified atom stereocenters. The molecule has 1 amide bonds. The van der Waals surface area contributed by atoms with Crippen LogP contribution in [-0.2, 0) is 6.54 Å². The summed E-state index contributed by atoms with van der Waals surface area (Å²) in [6.45, 7) is 3.58. The number of hydrogen-bond acceptors (Lipinski definition) is 3. The smallest absolute Gasteiger partial charge is 0.254 e. The Labute approximate surface area is 157 Å². The lowest BCUT2D eigenvalue weighted by Crippen LogP contribution is -2.44. The Balaban J connectivity index is 1.61. The van der Waals surface area contributed by atoms with Gasteiger partial charge in [0.1, 0.15) is 5.82 Å². The van der Waals surface area contributed by atoms with Gasteiger partial charge in [-0.3, -0.25) is 9.59 Å². The van der Waals surface area contributed by atoms with Gasteiger partial charge in [0, 0.05) is 48.5 Å². The molecule has 1 aliphatic heterocycles. The number of aryl methyl sites for hydroxylation is 2. The number of aromatic nitrogens is 3. The van der Waals surface area contributed by atoms with E-state index in [4.69, 9.17) is 0 Å². The summed E-state index contributed by atoms with van der Waals surface area (Å²) in [6.07, 6.45) is 7.82. The van der Waals surface area contributed by atoms with Crippen LogP contribution in [-0.4, -0.2) is 37.9 Å². The van der Waals surface area contributed by atoms with Crippen LogP contribution in [0.5, 0.6) is 0 Å². The second-order valence-corrected chi connectivity index (χ2v) is 7.20. The third-order valence-electron chi connectivity index (χ3n) is 5.50. The number of rotatable bonds is 4. The topological polar surface area (TPSA) is 71.0 Å². The molecule has 6 nitrogen and oxygen atoms in total. The van der Waals surface area contributed by atoms with Gasteiger partial charge in [-0.1, -0.05) is 18.2 Å². The first-order chi connectivity index (χ1) is 13.1. The number of nitrogens with one attached hydrogen (secondary N) is 1. The molecular weight excluding hydrogens is 340 g/mol. The predicted octanol–water partition coefficient (Wildman–Crippen LogP) is 3.12. The molecule has 0 saturated carbocycles. The molecule has 27 heavy (non-hydrogen) atoms. The number of aromatic amines is 1. The van der Waals surface area contributed by atoms with Gasteiger partial charge in [0.05, 0.1) is 5.56 Å². The van der Waals surface area contributed by atoms with E-state index >= 15 is 0 Å². The third-order valence-corrected chi connectivity index (χ3v) is 5.50. The lowest BCUT2D eigenvalue weighted by atomic mass is 9.97. The molecule has 1 atom stereocenters. The zero-order chi connectivity index (χ0) is 18.8. The normalized spacial score (nSPS) is 17.4. The lowest BCUT2D eigenvalue weighted by molar-refractivity contribution is 0.0597. The van der Waals surface area contributed by atoms with Crippen LogP contribution in [0.2, 0.25) is 0 Å². The molecule has 6 heteroatoms. The molecule has 4 rings (SSSR count). The Kier molecular flexibility index (Phi) is 4.79. The largest absolute Gasteiger partial charge is 0.336 e. The summed E-state index contributed by atoms with van der Waals surface area (Å²) in [4.78, 5) is 34.5. The molecule has 140 valence electrons. The zero-order valence-electron chi connectivity index (χ0n) is 15.5. The Hall–Kier alpha value is -2.89. The number of H-pyrrole nitrogens is 1. The molecule has 0 spiro atoms. The number of hydrogen-bond donors (Lipinski definition) is 1. The van der Waals surface area contributed by atoms with Crippen LogP contribution in [0.1, 0.15) is 41.9 Å². The van der Waals surface area contributed by atoms with Crippen molar-refractivity contribution in [1.29, 1.82) is 0 Å². The van der Waals surface area contributed by atoms with E-state index in [1.54, 1.807) is 0 Å².